The van der Waals surface area contributed by atoms with Crippen molar-refractivity contribution in [3.05, 3.63) is 65.2 Å². The molecule has 4 N–H and O–H groups in total. The highest BCUT2D eigenvalue weighted by atomic mass is 32.2. The number of ether oxygens (including phenoxy) is 1. The summed E-state index contributed by atoms with van der Waals surface area (Å²) in [6.45, 7) is 6.49. The molecule has 2 aromatic rings. The molecule has 0 unspecified atom stereocenters. The van der Waals surface area contributed by atoms with Crippen molar-refractivity contribution in [2.24, 2.45) is 0 Å². The van der Waals surface area contributed by atoms with Gasteiger partial charge in [-0.1, -0.05) is 36.4 Å². The van der Waals surface area contributed by atoms with Gasteiger partial charge in [-0.3, -0.25) is 14.4 Å². The van der Waals surface area contributed by atoms with Crippen LogP contribution in [0.2, 0.25) is 0 Å². The second-order valence-electron chi connectivity index (χ2n) is 10.6. The molecule has 3 amide bonds. The predicted octanol–water partition coefficient (Wildman–Crippen LogP) is 2.38. The second kappa shape index (κ2) is 12.4. The number of aliphatic hydroxyl groups is 1. The molecule has 0 radical (unpaired) electrons. The van der Waals surface area contributed by atoms with Crippen LogP contribution in [0.1, 0.15) is 48.2 Å². The SMILES string of the molecule is Cc1c(O)cccc1C(=O)N[C@@H](Cc1ccccc1)[C@H](O)C(=O)N1CSC(C)(C)[C@@H]1C(=O)NC[C@H]1CCCO1. The molecule has 9 nitrogen and oxygen atoms in total. The summed E-state index contributed by atoms with van der Waals surface area (Å²) in [6, 6.07) is 12.1. The number of nitrogens with zero attached hydrogens (tertiary/aromatic N) is 1. The van der Waals surface area contributed by atoms with Crippen LogP contribution in [0.25, 0.3) is 0 Å². The first kappa shape index (κ1) is 28.9. The number of phenolic OH excluding ortho intramolecular Hbond substituents is 1. The Hall–Kier alpha value is -3.08. The van der Waals surface area contributed by atoms with Gasteiger partial charge in [-0.15, -0.1) is 11.8 Å². The van der Waals surface area contributed by atoms with E-state index in [1.807, 2.05) is 44.2 Å². The lowest BCUT2D eigenvalue weighted by molar-refractivity contribution is -0.147. The first-order chi connectivity index (χ1) is 18.6. The number of amides is 3. The maximum atomic E-state index is 13.7. The van der Waals surface area contributed by atoms with E-state index in [4.69, 9.17) is 4.74 Å². The van der Waals surface area contributed by atoms with Gasteiger partial charge in [0.05, 0.1) is 18.0 Å². The van der Waals surface area contributed by atoms with E-state index in [0.29, 0.717) is 18.7 Å². The Bertz CT molecular complexity index is 1180. The predicted molar refractivity (Wildman–Crippen MR) is 149 cm³/mol. The van der Waals surface area contributed by atoms with E-state index >= 15 is 0 Å². The van der Waals surface area contributed by atoms with Gasteiger partial charge < -0.3 is 30.5 Å². The molecule has 2 saturated heterocycles. The Morgan fingerprint density at radius 3 is 2.59 bits per heavy atom. The molecule has 2 aliphatic heterocycles. The Labute approximate surface area is 233 Å². The Morgan fingerprint density at radius 1 is 1.15 bits per heavy atom. The molecule has 2 fully saturated rings. The normalized spacial score (nSPS) is 21.8. The van der Waals surface area contributed by atoms with Gasteiger partial charge in [-0.25, -0.2) is 0 Å². The molecule has 4 rings (SSSR count). The fourth-order valence-corrected chi connectivity index (χ4v) is 6.24. The van der Waals surface area contributed by atoms with Crippen LogP contribution in [-0.2, 0) is 20.7 Å². The van der Waals surface area contributed by atoms with Crippen molar-refractivity contribution in [3.8, 4) is 5.75 Å². The number of phenols is 1. The third-order valence-corrected chi connectivity index (χ3v) is 8.78. The highest BCUT2D eigenvalue weighted by Crippen LogP contribution is 2.40. The molecule has 2 heterocycles. The number of nitrogens with one attached hydrogen (secondary N) is 2. The zero-order valence-electron chi connectivity index (χ0n) is 22.6. The standard InChI is InChI=1S/C29H37N3O6S/c1-18-21(12-7-13-23(18)33)26(35)31-22(15-19-9-5-4-6-10-19)24(34)28(37)32-17-39-29(2,3)25(32)27(36)30-16-20-11-8-14-38-20/h4-7,9-10,12-13,20,22,24-25,33-34H,8,11,14-17H2,1-3H3,(H,30,36)(H,31,35)/t20-,22+,24+,25+/m1/s1. The van der Waals surface area contributed by atoms with Crippen LogP contribution >= 0.6 is 11.8 Å². The lowest BCUT2D eigenvalue weighted by atomic mass is 9.96. The molecule has 0 aliphatic carbocycles. The number of rotatable bonds is 9. The summed E-state index contributed by atoms with van der Waals surface area (Å²) < 4.78 is 5.03. The fraction of sp³-hybridized carbons (Fsp3) is 0.483. The van der Waals surface area contributed by atoms with Gasteiger partial charge in [-0.2, -0.15) is 0 Å². The molecule has 10 heteroatoms. The fourth-order valence-electron chi connectivity index (χ4n) is 5.10. The van der Waals surface area contributed by atoms with Crippen molar-refractivity contribution in [1.29, 1.82) is 0 Å². The smallest absolute Gasteiger partial charge is 0.254 e. The van der Waals surface area contributed by atoms with Crippen molar-refractivity contribution in [2.75, 3.05) is 19.0 Å². The van der Waals surface area contributed by atoms with Gasteiger partial charge >= 0.3 is 0 Å². The van der Waals surface area contributed by atoms with Gasteiger partial charge in [0.1, 0.15) is 11.8 Å². The third kappa shape index (κ3) is 6.74. The zero-order valence-corrected chi connectivity index (χ0v) is 23.4. The van der Waals surface area contributed by atoms with Crippen LogP contribution in [0.5, 0.6) is 5.75 Å². The summed E-state index contributed by atoms with van der Waals surface area (Å²) in [5, 5.41) is 27.2. The lowest BCUT2D eigenvalue weighted by Gasteiger charge is -2.33. The molecular formula is C29H37N3O6S. The summed E-state index contributed by atoms with van der Waals surface area (Å²) in [7, 11) is 0. The molecule has 0 saturated carbocycles. The monoisotopic (exact) mass is 555 g/mol. The van der Waals surface area contributed by atoms with Gasteiger partial charge in [0.2, 0.25) is 5.91 Å². The van der Waals surface area contributed by atoms with E-state index in [-0.39, 0.29) is 35.6 Å². The van der Waals surface area contributed by atoms with Crippen LogP contribution in [0.4, 0.5) is 0 Å². The van der Waals surface area contributed by atoms with Crippen molar-refractivity contribution < 1.29 is 29.3 Å². The highest BCUT2D eigenvalue weighted by molar-refractivity contribution is 8.00. The van der Waals surface area contributed by atoms with E-state index < -0.39 is 34.7 Å². The molecular weight excluding hydrogens is 518 g/mol. The number of aliphatic hydroxyl groups excluding tert-OH is 1. The maximum absolute atomic E-state index is 13.7. The Morgan fingerprint density at radius 2 is 1.90 bits per heavy atom. The highest BCUT2D eigenvalue weighted by Gasteiger charge is 2.50. The van der Waals surface area contributed by atoms with Crippen LogP contribution < -0.4 is 10.6 Å². The summed E-state index contributed by atoms with van der Waals surface area (Å²) in [4.78, 5) is 41.7. The van der Waals surface area contributed by atoms with Crippen LogP contribution in [0.3, 0.4) is 0 Å². The quantitative estimate of drug-likeness (QED) is 0.374. The summed E-state index contributed by atoms with van der Waals surface area (Å²) in [5.41, 5.74) is 1.47. The van der Waals surface area contributed by atoms with Gasteiger partial charge in [-0.05, 0) is 57.7 Å². The second-order valence-corrected chi connectivity index (χ2v) is 12.2. The number of carbonyl (C=O) groups is 3. The number of hydrogen-bond donors (Lipinski definition) is 4. The lowest BCUT2D eigenvalue weighted by Crippen LogP contribution is -2.59. The van der Waals surface area contributed by atoms with Crippen molar-refractivity contribution in [2.45, 2.75) is 69.1 Å². The average molecular weight is 556 g/mol. The molecule has 210 valence electrons. The Balaban J connectivity index is 1.54. The molecule has 2 aliphatic rings. The van der Waals surface area contributed by atoms with Crippen molar-refractivity contribution >= 4 is 29.5 Å². The topological polar surface area (TPSA) is 128 Å². The molecule has 0 bridgehead atoms. The minimum Gasteiger partial charge on any atom is -0.508 e. The number of benzene rings is 2. The molecule has 2 aromatic carbocycles. The van der Waals surface area contributed by atoms with Crippen molar-refractivity contribution in [1.82, 2.24) is 15.5 Å². The molecule has 0 spiro atoms. The third-order valence-electron chi connectivity index (χ3n) is 7.40. The van der Waals surface area contributed by atoms with Gasteiger partial charge in [0, 0.05) is 29.0 Å². The molecule has 4 atom stereocenters. The molecule has 39 heavy (non-hydrogen) atoms. The molecule has 0 aromatic heterocycles. The minimum atomic E-state index is -1.60. The van der Waals surface area contributed by atoms with Crippen molar-refractivity contribution in [3.63, 3.8) is 0 Å². The minimum absolute atomic E-state index is 0.0212. The average Bonchev–Trinajstić information content (AvgIpc) is 3.55. The Kier molecular flexibility index (Phi) is 9.19. The summed E-state index contributed by atoms with van der Waals surface area (Å²) in [6.07, 6.45) is 0.391. The first-order valence-corrected chi connectivity index (χ1v) is 14.2. The van der Waals surface area contributed by atoms with E-state index in [1.54, 1.807) is 19.1 Å². The van der Waals surface area contributed by atoms with E-state index in [2.05, 4.69) is 10.6 Å². The van der Waals surface area contributed by atoms with Crippen LogP contribution in [-0.4, -0.2) is 80.9 Å². The van der Waals surface area contributed by atoms with E-state index in [1.165, 1.54) is 22.7 Å². The zero-order chi connectivity index (χ0) is 28.2. The number of carbonyl (C=O) groups excluding carboxylic acids is 3. The van der Waals surface area contributed by atoms with Crippen LogP contribution in [0, 0.1) is 6.92 Å². The summed E-state index contributed by atoms with van der Waals surface area (Å²) in [5.74, 6) is -1.22. The number of aromatic hydroxyl groups is 1. The van der Waals surface area contributed by atoms with Crippen LogP contribution in [0.15, 0.2) is 48.5 Å². The number of thioether (sulfide) groups is 1. The maximum Gasteiger partial charge on any atom is 0.254 e. The first-order valence-electron chi connectivity index (χ1n) is 13.2. The van der Waals surface area contributed by atoms with E-state index in [0.717, 1.165) is 18.4 Å². The van der Waals surface area contributed by atoms with E-state index in [9.17, 15) is 24.6 Å². The van der Waals surface area contributed by atoms with Gasteiger partial charge in [0.25, 0.3) is 11.8 Å². The summed E-state index contributed by atoms with van der Waals surface area (Å²) >= 11 is 1.46. The largest absolute Gasteiger partial charge is 0.508 e. The number of hydrogen-bond acceptors (Lipinski definition) is 7. The van der Waals surface area contributed by atoms with Gasteiger partial charge in [0.15, 0.2) is 6.10 Å².